The predicted octanol–water partition coefficient (Wildman–Crippen LogP) is 4.43. The van der Waals surface area contributed by atoms with Gasteiger partial charge in [-0.05, 0) is 56.2 Å². The van der Waals surface area contributed by atoms with Gasteiger partial charge >= 0.3 is 6.18 Å². The van der Waals surface area contributed by atoms with Gasteiger partial charge in [0.05, 0.1) is 0 Å². The van der Waals surface area contributed by atoms with Crippen molar-refractivity contribution in [3.05, 3.63) is 35.4 Å². The fourth-order valence-electron chi connectivity index (χ4n) is 3.28. The number of hydrogen-bond acceptors (Lipinski definition) is 1. The van der Waals surface area contributed by atoms with Crippen LogP contribution >= 0.6 is 0 Å². The predicted molar refractivity (Wildman–Crippen MR) is 74.9 cm³/mol. The number of benzene rings is 1. The van der Waals surface area contributed by atoms with Crippen LogP contribution in [0.1, 0.15) is 49.1 Å². The molecule has 1 N–H and O–H groups in total. The van der Waals surface area contributed by atoms with E-state index >= 15 is 0 Å². The molecule has 20 heavy (non-hydrogen) atoms. The molecule has 1 aromatic carbocycles. The van der Waals surface area contributed by atoms with Crippen LogP contribution in [0.3, 0.4) is 0 Å². The van der Waals surface area contributed by atoms with Gasteiger partial charge in [-0.3, -0.25) is 0 Å². The molecule has 0 spiro atoms. The lowest BCUT2D eigenvalue weighted by molar-refractivity contribution is -0.135. The van der Waals surface area contributed by atoms with Crippen LogP contribution in [0.5, 0.6) is 0 Å². The molecule has 112 valence electrons. The van der Waals surface area contributed by atoms with Gasteiger partial charge in [0.15, 0.2) is 0 Å². The molecule has 0 aromatic heterocycles. The molecule has 0 radical (unpaired) electrons. The Balaban J connectivity index is 2.01. The van der Waals surface area contributed by atoms with Crippen molar-refractivity contribution in [2.75, 3.05) is 7.05 Å². The van der Waals surface area contributed by atoms with Crippen molar-refractivity contribution in [3.8, 4) is 0 Å². The van der Waals surface area contributed by atoms with E-state index in [1.54, 1.807) is 0 Å². The van der Waals surface area contributed by atoms with E-state index in [4.69, 9.17) is 0 Å². The van der Waals surface area contributed by atoms with E-state index in [9.17, 15) is 13.2 Å². The summed E-state index contributed by atoms with van der Waals surface area (Å²) in [7, 11) is 1.86. The first-order valence-corrected chi connectivity index (χ1v) is 7.33. The Morgan fingerprint density at radius 3 is 2.75 bits per heavy atom. The third-order valence-corrected chi connectivity index (χ3v) is 4.25. The smallest absolute Gasteiger partial charge is 0.316 e. The van der Waals surface area contributed by atoms with E-state index in [2.05, 4.69) is 17.4 Å². The van der Waals surface area contributed by atoms with E-state index < -0.39 is 12.6 Å². The monoisotopic (exact) mass is 285 g/mol. The normalized spacial score (nSPS) is 20.5. The molecule has 1 aromatic rings. The molecule has 0 heterocycles. The second kappa shape index (κ2) is 6.61. The number of aryl methyl sites for hydroxylation is 1. The highest BCUT2D eigenvalue weighted by Gasteiger charge is 2.30. The molecule has 0 saturated heterocycles. The zero-order valence-electron chi connectivity index (χ0n) is 11.8. The molecule has 0 fully saturated rings. The highest BCUT2D eigenvalue weighted by molar-refractivity contribution is 5.33. The van der Waals surface area contributed by atoms with Crippen LogP contribution in [0.2, 0.25) is 0 Å². The minimum Gasteiger partial charge on any atom is -0.316 e. The van der Waals surface area contributed by atoms with Crippen molar-refractivity contribution in [1.29, 1.82) is 0 Å². The van der Waals surface area contributed by atoms with E-state index in [-0.39, 0.29) is 12.5 Å². The van der Waals surface area contributed by atoms with E-state index in [1.807, 2.05) is 19.2 Å². The van der Waals surface area contributed by atoms with E-state index in [1.165, 1.54) is 11.1 Å². The zero-order valence-corrected chi connectivity index (χ0v) is 11.8. The largest absolute Gasteiger partial charge is 0.389 e. The first-order valence-electron chi connectivity index (χ1n) is 7.33. The van der Waals surface area contributed by atoms with Crippen molar-refractivity contribution < 1.29 is 13.2 Å². The van der Waals surface area contributed by atoms with Gasteiger partial charge in [-0.15, -0.1) is 0 Å². The van der Waals surface area contributed by atoms with Crippen LogP contribution in [0.25, 0.3) is 0 Å². The number of nitrogens with one attached hydrogen (secondary N) is 1. The van der Waals surface area contributed by atoms with Gasteiger partial charge in [-0.2, -0.15) is 13.2 Å². The number of alkyl halides is 3. The molecule has 1 nitrogen and oxygen atoms in total. The van der Waals surface area contributed by atoms with Crippen LogP contribution < -0.4 is 5.32 Å². The van der Waals surface area contributed by atoms with Gasteiger partial charge in [0, 0.05) is 12.5 Å². The molecule has 0 amide bonds. The molecular weight excluding hydrogens is 263 g/mol. The SMILES string of the molecule is CNC(CCCC(F)(F)F)C1CCCc2ccccc21. The standard InChI is InChI=1S/C16H22F3N/c1-20-15(10-5-11-16(17,18)19)14-9-4-7-12-6-2-3-8-13(12)14/h2-3,6,8,14-15,20H,4-5,7,9-11H2,1H3. The van der Waals surface area contributed by atoms with Crippen LogP contribution in [-0.4, -0.2) is 19.3 Å². The summed E-state index contributed by atoms with van der Waals surface area (Å²) in [6, 6.07) is 8.48. The summed E-state index contributed by atoms with van der Waals surface area (Å²) >= 11 is 0. The first-order chi connectivity index (χ1) is 9.51. The van der Waals surface area contributed by atoms with Crippen LogP contribution in [-0.2, 0) is 6.42 Å². The summed E-state index contributed by atoms with van der Waals surface area (Å²) < 4.78 is 36.8. The summed E-state index contributed by atoms with van der Waals surface area (Å²) in [5, 5.41) is 3.23. The molecule has 1 aliphatic rings. The maximum absolute atomic E-state index is 12.3. The van der Waals surface area contributed by atoms with E-state index in [0.29, 0.717) is 12.3 Å². The number of halogens is 3. The maximum atomic E-state index is 12.3. The third kappa shape index (κ3) is 3.98. The maximum Gasteiger partial charge on any atom is 0.389 e. The molecule has 2 atom stereocenters. The quantitative estimate of drug-likeness (QED) is 0.844. The molecule has 2 unspecified atom stereocenters. The molecular formula is C16H22F3N. The van der Waals surface area contributed by atoms with Gasteiger partial charge in [-0.1, -0.05) is 24.3 Å². The van der Waals surface area contributed by atoms with Gasteiger partial charge in [0.25, 0.3) is 0 Å². The highest BCUT2D eigenvalue weighted by Crippen LogP contribution is 2.35. The fourth-order valence-corrected chi connectivity index (χ4v) is 3.28. The number of hydrogen-bond donors (Lipinski definition) is 1. The number of likely N-dealkylation sites (N-methyl/N-ethyl adjacent to an activating group) is 1. The third-order valence-electron chi connectivity index (χ3n) is 4.25. The molecule has 0 aliphatic heterocycles. The van der Waals surface area contributed by atoms with Crippen LogP contribution in [0, 0.1) is 0 Å². The van der Waals surface area contributed by atoms with Crippen molar-refractivity contribution in [2.24, 2.45) is 0 Å². The lowest BCUT2D eigenvalue weighted by atomic mass is 9.77. The summed E-state index contributed by atoms with van der Waals surface area (Å²) in [6.07, 6.45) is -0.662. The van der Waals surface area contributed by atoms with Crippen molar-refractivity contribution in [1.82, 2.24) is 5.32 Å². The van der Waals surface area contributed by atoms with Gasteiger partial charge in [-0.25, -0.2) is 0 Å². The van der Waals surface area contributed by atoms with Crippen LogP contribution in [0.15, 0.2) is 24.3 Å². The van der Waals surface area contributed by atoms with Crippen LogP contribution in [0.4, 0.5) is 13.2 Å². The van der Waals surface area contributed by atoms with Gasteiger partial charge < -0.3 is 5.32 Å². The summed E-state index contributed by atoms with van der Waals surface area (Å²) in [4.78, 5) is 0. The Bertz CT molecular complexity index is 428. The Morgan fingerprint density at radius 1 is 1.30 bits per heavy atom. The van der Waals surface area contributed by atoms with Crippen molar-refractivity contribution >= 4 is 0 Å². The van der Waals surface area contributed by atoms with Gasteiger partial charge in [0.2, 0.25) is 0 Å². The fraction of sp³-hybridized carbons (Fsp3) is 0.625. The molecule has 4 heteroatoms. The Kier molecular flexibility index (Phi) is 5.08. The second-order valence-electron chi connectivity index (χ2n) is 5.60. The minimum atomic E-state index is -4.04. The lowest BCUT2D eigenvalue weighted by Crippen LogP contribution is -2.34. The average Bonchev–Trinajstić information content (AvgIpc) is 2.42. The molecule has 1 aliphatic carbocycles. The van der Waals surface area contributed by atoms with Gasteiger partial charge in [0.1, 0.15) is 0 Å². The van der Waals surface area contributed by atoms with Crippen molar-refractivity contribution in [2.45, 2.75) is 56.7 Å². The number of rotatable bonds is 5. The Hall–Kier alpha value is -1.03. The Labute approximate surface area is 118 Å². The summed E-state index contributed by atoms with van der Waals surface area (Å²) in [5.74, 6) is 0.346. The molecule has 0 bridgehead atoms. The second-order valence-corrected chi connectivity index (χ2v) is 5.60. The Morgan fingerprint density at radius 2 is 2.05 bits per heavy atom. The van der Waals surface area contributed by atoms with E-state index in [0.717, 1.165) is 19.3 Å². The average molecular weight is 285 g/mol. The molecule has 0 saturated carbocycles. The highest BCUT2D eigenvalue weighted by atomic mass is 19.4. The van der Waals surface area contributed by atoms with Crippen molar-refractivity contribution in [3.63, 3.8) is 0 Å². The zero-order chi connectivity index (χ0) is 14.6. The number of fused-ring (bicyclic) bond motifs is 1. The minimum absolute atomic E-state index is 0.138. The molecule has 2 rings (SSSR count). The topological polar surface area (TPSA) is 12.0 Å². The summed E-state index contributed by atoms with van der Waals surface area (Å²) in [5.41, 5.74) is 2.69. The first kappa shape index (κ1) is 15.4. The summed E-state index contributed by atoms with van der Waals surface area (Å²) in [6.45, 7) is 0. The lowest BCUT2D eigenvalue weighted by Gasteiger charge is -2.32.